The number of pyridine rings is 1. The number of nitrogens with one attached hydrogen (secondary N) is 1. The Morgan fingerprint density at radius 2 is 2.14 bits per heavy atom. The smallest absolute Gasteiger partial charge is 0.271 e. The van der Waals surface area contributed by atoms with E-state index in [2.05, 4.69) is 15.1 Å². The molecule has 0 aliphatic carbocycles. The number of benzene rings is 1. The molecule has 7 heteroatoms. The van der Waals surface area contributed by atoms with E-state index < -0.39 is 0 Å². The van der Waals surface area contributed by atoms with Crippen LogP contribution in [0.15, 0.2) is 58.6 Å². The first-order valence-corrected chi connectivity index (χ1v) is 10.1. The number of aliphatic imine (C=N–C) groups is 1. The predicted octanol–water partition coefficient (Wildman–Crippen LogP) is 4.62. The molecule has 1 aromatic carbocycles. The van der Waals surface area contributed by atoms with Gasteiger partial charge in [-0.05, 0) is 44.5 Å². The SMILES string of the molecule is CC1=Nc2c(c(=O)[nH]n2C(C)C)C(c2cccc(OCc3cccnc3)c2)S1. The lowest BCUT2D eigenvalue weighted by molar-refractivity contribution is 0.305. The summed E-state index contributed by atoms with van der Waals surface area (Å²) in [6.07, 6.45) is 3.54. The molecule has 28 heavy (non-hydrogen) atoms. The number of ether oxygens (including phenoxy) is 1. The summed E-state index contributed by atoms with van der Waals surface area (Å²) in [5.74, 6) is 1.49. The van der Waals surface area contributed by atoms with Crippen molar-refractivity contribution in [3.63, 3.8) is 0 Å². The third kappa shape index (κ3) is 3.62. The zero-order valence-electron chi connectivity index (χ0n) is 16.0. The summed E-state index contributed by atoms with van der Waals surface area (Å²) in [4.78, 5) is 21.4. The van der Waals surface area contributed by atoms with Crippen molar-refractivity contribution < 1.29 is 4.74 Å². The van der Waals surface area contributed by atoms with Gasteiger partial charge in [0, 0.05) is 24.0 Å². The van der Waals surface area contributed by atoms with E-state index in [-0.39, 0.29) is 16.9 Å². The van der Waals surface area contributed by atoms with Gasteiger partial charge in [0.05, 0.1) is 15.9 Å². The van der Waals surface area contributed by atoms with Crippen molar-refractivity contribution >= 4 is 22.6 Å². The van der Waals surface area contributed by atoms with Crippen LogP contribution in [0.4, 0.5) is 5.82 Å². The lowest BCUT2D eigenvalue weighted by Crippen LogP contribution is -2.13. The maximum Gasteiger partial charge on any atom is 0.271 e. The zero-order valence-corrected chi connectivity index (χ0v) is 16.9. The van der Waals surface area contributed by atoms with E-state index in [1.54, 1.807) is 24.2 Å². The monoisotopic (exact) mass is 394 g/mol. The lowest BCUT2D eigenvalue weighted by Gasteiger charge is -2.22. The molecule has 0 spiro atoms. The minimum absolute atomic E-state index is 0.0841. The largest absolute Gasteiger partial charge is 0.489 e. The second-order valence-corrected chi connectivity index (χ2v) is 8.29. The topological polar surface area (TPSA) is 72.3 Å². The van der Waals surface area contributed by atoms with E-state index in [4.69, 9.17) is 4.74 Å². The average Bonchev–Trinajstić information content (AvgIpc) is 3.03. The predicted molar refractivity (Wildman–Crippen MR) is 113 cm³/mol. The summed E-state index contributed by atoms with van der Waals surface area (Å²) >= 11 is 1.60. The highest BCUT2D eigenvalue weighted by Crippen LogP contribution is 2.44. The summed E-state index contributed by atoms with van der Waals surface area (Å²) < 4.78 is 7.79. The highest BCUT2D eigenvalue weighted by molar-refractivity contribution is 8.14. The van der Waals surface area contributed by atoms with Crippen LogP contribution in [0.3, 0.4) is 0 Å². The van der Waals surface area contributed by atoms with Crippen LogP contribution in [0.25, 0.3) is 0 Å². The van der Waals surface area contributed by atoms with Crippen molar-refractivity contribution in [1.29, 1.82) is 0 Å². The molecule has 4 rings (SSSR count). The third-order valence-corrected chi connectivity index (χ3v) is 5.73. The molecule has 0 bridgehead atoms. The fraction of sp³-hybridized carbons (Fsp3) is 0.286. The summed E-state index contributed by atoms with van der Waals surface area (Å²) in [5, 5.41) is 3.76. The van der Waals surface area contributed by atoms with E-state index in [9.17, 15) is 4.79 Å². The van der Waals surface area contributed by atoms with Gasteiger partial charge in [-0.25, -0.2) is 4.99 Å². The van der Waals surface area contributed by atoms with Crippen LogP contribution in [0.5, 0.6) is 5.75 Å². The van der Waals surface area contributed by atoms with Gasteiger partial charge in [-0.3, -0.25) is 19.6 Å². The molecule has 1 unspecified atom stereocenters. The number of hydrogen-bond donors (Lipinski definition) is 1. The number of rotatable bonds is 5. The van der Waals surface area contributed by atoms with Crippen LogP contribution < -0.4 is 10.3 Å². The number of aromatic amines is 1. The Kier molecular flexibility index (Phi) is 5.09. The third-order valence-electron chi connectivity index (χ3n) is 4.56. The van der Waals surface area contributed by atoms with Gasteiger partial charge in [0.2, 0.25) is 0 Å². The number of H-pyrrole nitrogens is 1. The highest BCUT2D eigenvalue weighted by Gasteiger charge is 2.30. The quantitative estimate of drug-likeness (QED) is 0.685. The molecule has 3 aromatic rings. The highest BCUT2D eigenvalue weighted by atomic mass is 32.2. The van der Waals surface area contributed by atoms with Crippen LogP contribution >= 0.6 is 11.8 Å². The van der Waals surface area contributed by atoms with Crippen molar-refractivity contribution in [1.82, 2.24) is 14.8 Å². The van der Waals surface area contributed by atoms with Gasteiger partial charge in [-0.15, -0.1) is 0 Å². The van der Waals surface area contributed by atoms with Crippen LogP contribution in [0, 0.1) is 0 Å². The molecule has 2 aromatic heterocycles. The van der Waals surface area contributed by atoms with Crippen LogP contribution in [0.2, 0.25) is 0 Å². The Morgan fingerprint density at radius 3 is 2.89 bits per heavy atom. The van der Waals surface area contributed by atoms with Gasteiger partial charge in [-0.1, -0.05) is 30.0 Å². The summed E-state index contributed by atoms with van der Waals surface area (Å²) in [5.41, 5.74) is 2.65. The fourth-order valence-electron chi connectivity index (χ4n) is 3.24. The van der Waals surface area contributed by atoms with Crippen molar-refractivity contribution in [2.75, 3.05) is 0 Å². The molecule has 3 heterocycles. The van der Waals surface area contributed by atoms with Crippen molar-refractivity contribution in [3.8, 4) is 5.75 Å². The van der Waals surface area contributed by atoms with Crippen molar-refractivity contribution in [2.45, 2.75) is 38.7 Å². The minimum Gasteiger partial charge on any atom is -0.489 e. The Labute approximate surface area is 167 Å². The molecule has 0 amide bonds. The molecule has 0 saturated heterocycles. The maximum absolute atomic E-state index is 12.7. The van der Waals surface area contributed by atoms with Crippen LogP contribution in [0.1, 0.15) is 48.8 Å². The Bertz CT molecular complexity index is 1070. The maximum atomic E-state index is 12.7. The molecular formula is C21H22N4O2S. The van der Waals surface area contributed by atoms with Crippen molar-refractivity contribution in [3.05, 3.63) is 75.8 Å². The van der Waals surface area contributed by atoms with E-state index in [1.165, 1.54) is 0 Å². The summed E-state index contributed by atoms with van der Waals surface area (Å²) in [6, 6.07) is 11.9. The van der Waals surface area contributed by atoms with Gasteiger partial charge < -0.3 is 4.74 Å². The Morgan fingerprint density at radius 1 is 1.29 bits per heavy atom. The molecule has 0 saturated carbocycles. The standard InChI is InChI=1S/C21H22N4O2S/c1-13(2)25-20-18(21(26)24-25)19(28-14(3)23-20)16-7-4-8-17(10-16)27-12-15-6-5-9-22-11-15/h4-11,13,19H,12H2,1-3H3,(H,24,26). The fourth-order valence-corrected chi connectivity index (χ4v) is 4.33. The molecule has 1 atom stereocenters. The number of aromatic nitrogens is 3. The number of thioether (sulfide) groups is 1. The average molecular weight is 395 g/mol. The van der Waals surface area contributed by atoms with Gasteiger partial charge in [0.25, 0.3) is 5.56 Å². The van der Waals surface area contributed by atoms with Gasteiger partial charge in [0.15, 0.2) is 5.82 Å². The van der Waals surface area contributed by atoms with E-state index in [1.807, 2.05) is 61.9 Å². The van der Waals surface area contributed by atoms with Crippen molar-refractivity contribution in [2.24, 2.45) is 4.99 Å². The van der Waals surface area contributed by atoms with E-state index >= 15 is 0 Å². The van der Waals surface area contributed by atoms with Gasteiger partial charge >= 0.3 is 0 Å². The molecule has 1 aliphatic heterocycles. The van der Waals surface area contributed by atoms with E-state index in [0.717, 1.165) is 27.7 Å². The molecule has 144 valence electrons. The number of hydrogen-bond acceptors (Lipinski definition) is 5. The molecule has 0 fully saturated rings. The van der Waals surface area contributed by atoms with E-state index in [0.29, 0.717) is 12.2 Å². The molecule has 1 N–H and O–H groups in total. The first kappa shape index (κ1) is 18.6. The second-order valence-electron chi connectivity index (χ2n) is 6.99. The lowest BCUT2D eigenvalue weighted by atomic mass is 10.1. The van der Waals surface area contributed by atoms with Crippen LogP contribution in [-0.2, 0) is 6.61 Å². The molecular weight excluding hydrogens is 372 g/mol. The molecule has 6 nitrogen and oxygen atoms in total. The normalized spacial score (nSPS) is 16.0. The first-order chi connectivity index (χ1) is 13.5. The minimum atomic E-state index is -0.113. The molecule has 1 aliphatic rings. The number of nitrogens with zero attached hydrogens (tertiary/aromatic N) is 3. The Hall–Kier alpha value is -2.80. The zero-order chi connectivity index (χ0) is 19.7. The molecule has 0 radical (unpaired) electrons. The van der Waals surface area contributed by atoms with Crippen LogP contribution in [-0.4, -0.2) is 19.8 Å². The summed E-state index contributed by atoms with van der Waals surface area (Å²) in [6.45, 7) is 6.49. The summed E-state index contributed by atoms with van der Waals surface area (Å²) in [7, 11) is 0. The Balaban J connectivity index is 1.65. The second kappa shape index (κ2) is 7.67. The van der Waals surface area contributed by atoms with Gasteiger partial charge in [-0.2, -0.15) is 0 Å². The number of fused-ring (bicyclic) bond motifs is 1. The van der Waals surface area contributed by atoms with Gasteiger partial charge in [0.1, 0.15) is 12.4 Å². The first-order valence-electron chi connectivity index (χ1n) is 9.21.